The smallest absolute Gasteiger partial charge is 0.307 e. The highest BCUT2D eigenvalue weighted by molar-refractivity contribution is 7.84. The lowest BCUT2D eigenvalue weighted by atomic mass is 9.96. The molecule has 1 aliphatic rings. The lowest BCUT2D eigenvalue weighted by Crippen LogP contribution is -2.07. The van der Waals surface area contributed by atoms with Crippen LogP contribution in [-0.4, -0.2) is 33.9 Å². The summed E-state index contributed by atoms with van der Waals surface area (Å²) in [6.07, 6.45) is 2.10. The third-order valence-corrected chi connectivity index (χ3v) is 4.83. The molecule has 2 aromatic rings. The Bertz CT molecular complexity index is 839. The molecule has 0 amide bonds. The van der Waals surface area contributed by atoms with Crippen LogP contribution in [0, 0.1) is 0 Å². The number of hydrogen-bond donors (Lipinski definition) is 1. The van der Waals surface area contributed by atoms with Crippen LogP contribution in [0.3, 0.4) is 0 Å². The number of carbonyl (C=O) groups excluding carboxylic acids is 1. The Balaban J connectivity index is 2.01. The molecule has 3 rings (SSSR count). The molecule has 5 nitrogen and oxygen atoms in total. The highest BCUT2D eigenvalue weighted by atomic mass is 32.2. The average molecular weight is 344 g/mol. The van der Waals surface area contributed by atoms with Crippen LogP contribution in [0.4, 0.5) is 0 Å². The third-order valence-electron chi connectivity index (χ3n) is 3.89. The van der Waals surface area contributed by atoms with Gasteiger partial charge in [-0.3, -0.25) is 13.8 Å². The van der Waals surface area contributed by atoms with Gasteiger partial charge in [0.05, 0.1) is 18.6 Å². The van der Waals surface area contributed by atoms with Crippen molar-refractivity contribution in [3.8, 4) is 5.75 Å². The number of carboxylic acids is 1. The summed E-state index contributed by atoms with van der Waals surface area (Å²) in [7, 11) is -1.11. The van der Waals surface area contributed by atoms with Gasteiger partial charge in [0.2, 0.25) is 0 Å². The summed E-state index contributed by atoms with van der Waals surface area (Å²) in [4.78, 5) is 24.4. The van der Waals surface area contributed by atoms with E-state index >= 15 is 0 Å². The van der Waals surface area contributed by atoms with Gasteiger partial charge < -0.3 is 9.84 Å². The lowest BCUT2D eigenvalue weighted by Gasteiger charge is -2.10. The molecule has 24 heavy (non-hydrogen) atoms. The normalized spacial score (nSPS) is 13.9. The predicted octanol–water partition coefficient (Wildman–Crippen LogP) is 2.22. The van der Waals surface area contributed by atoms with Crippen molar-refractivity contribution in [3.63, 3.8) is 0 Å². The molecule has 124 valence electrons. The molecule has 0 fully saturated rings. The number of ketones is 1. The number of benzene rings is 2. The van der Waals surface area contributed by atoms with Crippen LogP contribution in [0.15, 0.2) is 41.3 Å². The van der Waals surface area contributed by atoms with Gasteiger partial charge in [-0.1, -0.05) is 6.07 Å². The Morgan fingerprint density at radius 2 is 1.92 bits per heavy atom. The number of aliphatic carboxylic acids is 1. The second kappa shape index (κ2) is 6.57. The first kappa shape index (κ1) is 16.4. The summed E-state index contributed by atoms with van der Waals surface area (Å²) in [6, 6.07) is 9.95. The predicted molar refractivity (Wildman–Crippen MR) is 89.2 cm³/mol. The molecule has 6 heteroatoms. The van der Waals surface area contributed by atoms with Crippen molar-refractivity contribution in [1.82, 2.24) is 0 Å². The van der Waals surface area contributed by atoms with Gasteiger partial charge in [-0.05, 0) is 41.5 Å². The highest BCUT2D eigenvalue weighted by Crippen LogP contribution is 2.33. The zero-order chi connectivity index (χ0) is 17.3. The number of ether oxygens (including phenoxy) is 1. The molecule has 0 saturated carbocycles. The number of carbonyl (C=O) groups is 2. The lowest BCUT2D eigenvalue weighted by molar-refractivity contribution is -0.136. The van der Waals surface area contributed by atoms with Gasteiger partial charge in [0.1, 0.15) is 5.75 Å². The minimum atomic E-state index is -1.11. The van der Waals surface area contributed by atoms with Crippen molar-refractivity contribution in [2.24, 2.45) is 0 Å². The SMILES string of the molecule is CS(=O)c1ccc(C(=O)c2cc(CC(=O)O)cc3c2OCC3)cc1. The van der Waals surface area contributed by atoms with Gasteiger partial charge in [0, 0.05) is 33.9 Å². The van der Waals surface area contributed by atoms with Crippen LogP contribution in [0.2, 0.25) is 0 Å². The van der Waals surface area contributed by atoms with Crippen molar-refractivity contribution in [2.75, 3.05) is 12.9 Å². The van der Waals surface area contributed by atoms with Crippen molar-refractivity contribution < 1.29 is 23.6 Å². The van der Waals surface area contributed by atoms with E-state index in [0.717, 1.165) is 5.56 Å². The van der Waals surface area contributed by atoms with Crippen molar-refractivity contribution in [3.05, 3.63) is 58.7 Å². The first-order valence-electron chi connectivity index (χ1n) is 7.44. The average Bonchev–Trinajstić information content (AvgIpc) is 3.01. The first-order chi connectivity index (χ1) is 11.5. The maximum atomic E-state index is 12.8. The third kappa shape index (κ3) is 3.23. The zero-order valence-electron chi connectivity index (χ0n) is 13.1. The van der Waals surface area contributed by atoms with Crippen molar-refractivity contribution >= 4 is 22.6 Å². The second-order valence-corrected chi connectivity index (χ2v) is 6.99. The van der Waals surface area contributed by atoms with Crippen LogP contribution in [0.5, 0.6) is 5.75 Å². The van der Waals surface area contributed by atoms with E-state index in [1.165, 1.54) is 0 Å². The van der Waals surface area contributed by atoms with E-state index in [1.54, 1.807) is 42.7 Å². The fourth-order valence-electron chi connectivity index (χ4n) is 2.77. The molecule has 1 heterocycles. The Hall–Kier alpha value is -2.47. The van der Waals surface area contributed by atoms with E-state index in [-0.39, 0.29) is 12.2 Å². The molecule has 1 N–H and O–H groups in total. The molecule has 0 radical (unpaired) electrons. The van der Waals surface area contributed by atoms with E-state index in [0.29, 0.717) is 40.4 Å². The van der Waals surface area contributed by atoms with Gasteiger partial charge in [0.15, 0.2) is 5.78 Å². The van der Waals surface area contributed by atoms with E-state index in [2.05, 4.69) is 0 Å². The largest absolute Gasteiger partial charge is 0.492 e. The molecular formula is C18H16O5S. The zero-order valence-corrected chi connectivity index (χ0v) is 13.9. The fourth-order valence-corrected chi connectivity index (χ4v) is 3.29. The Kier molecular flexibility index (Phi) is 4.49. The molecule has 1 atom stereocenters. The van der Waals surface area contributed by atoms with Crippen LogP contribution in [0.1, 0.15) is 27.0 Å². The van der Waals surface area contributed by atoms with E-state index in [1.807, 2.05) is 0 Å². The molecule has 2 aromatic carbocycles. The number of hydrogen-bond acceptors (Lipinski definition) is 4. The molecule has 1 unspecified atom stereocenters. The number of rotatable bonds is 5. The van der Waals surface area contributed by atoms with Crippen molar-refractivity contribution in [2.45, 2.75) is 17.7 Å². The van der Waals surface area contributed by atoms with Gasteiger partial charge in [-0.2, -0.15) is 0 Å². The van der Waals surface area contributed by atoms with Gasteiger partial charge in [-0.25, -0.2) is 0 Å². The highest BCUT2D eigenvalue weighted by Gasteiger charge is 2.23. The van der Waals surface area contributed by atoms with Crippen LogP contribution in [-0.2, 0) is 28.4 Å². The Morgan fingerprint density at radius 3 is 2.54 bits per heavy atom. The number of carboxylic acid groups (broad SMARTS) is 1. The molecule has 0 bridgehead atoms. The van der Waals surface area contributed by atoms with E-state index in [4.69, 9.17) is 9.84 Å². The quantitative estimate of drug-likeness (QED) is 0.841. The van der Waals surface area contributed by atoms with Crippen LogP contribution < -0.4 is 4.74 Å². The summed E-state index contributed by atoms with van der Waals surface area (Å²) in [5.41, 5.74) is 2.28. The Labute approximate surface area is 141 Å². The topological polar surface area (TPSA) is 80.7 Å². The molecular weight excluding hydrogens is 328 g/mol. The molecule has 0 aliphatic carbocycles. The maximum Gasteiger partial charge on any atom is 0.307 e. The molecule has 0 aromatic heterocycles. The van der Waals surface area contributed by atoms with Gasteiger partial charge in [-0.15, -0.1) is 0 Å². The second-order valence-electron chi connectivity index (χ2n) is 5.61. The van der Waals surface area contributed by atoms with Crippen LogP contribution >= 0.6 is 0 Å². The summed E-state index contributed by atoms with van der Waals surface area (Å²) in [5, 5.41) is 9.00. The Morgan fingerprint density at radius 1 is 1.21 bits per heavy atom. The molecule has 0 spiro atoms. The monoisotopic (exact) mass is 344 g/mol. The van der Waals surface area contributed by atoms with E-state index in [9.17, 15) is 13.8 Å². The minimum absolute atomic E-state index is 0.138. The standard InChI is InChI=1S/C18H16O5S/c1-24(22)14-4-2-12(3-5-14)17(21)15-9-11(10-16(19)20)8-13-6-7-23-18(13)15/h2-5,8-9H,6-7,10H2,1H3,(H,19,20). The summed E-state index contributed by atoms with van der Waals surface area (Å²) in [6.45, 7) is 0.486. The van der Waals surface area contributed by atoms with Gasteiger partial charge in [0.25, 0.3) is 0 Å². The summed E-state index contributed by atoms with van der Waals surface area (Å²) < 4.78 is 17.0. The van der Waals surface area contributed by atoms with Crippen LogP contribution in [0.25, 0.3) is 0 Å². The maximum absolute atomic E-state index is 12.8. The summed E-state index contributed by atoms with van der Waals surface area (Å²) in [5.74, 6) is -0.631. The molecule has 0 saturated heterocycles. The minimum Gasteiger partial charge on any atom is -0.492 e. The number of fused-ring (bicyclic) bond motifs is 1. The van der Waals surface area contributed by atoms with E-state index < -0.39 is 16.8 Å². The summed E-state index contributed by atoms with van der Waals surface area (Å²) >= 11 is 0. The first-order valence-corrected chi connectivity index (χ1v) is 9.00. The molecule has 1 aliphatic heterocycles. The van der Waals surface area contributed by atoms with Crippen molar-refractivity contribution in [1.29, 1.82) is 0 Å². The van der Waals surface area contributed by atoms with Gasteiger partial charge >= 0.3 is 5.97 Å². The fraction of sp³-hybridized carbons (Fsp3) is 0.222.